The Labute approximate surface area is 99.1 Å². The molecule has 3 rings (SSSR count). The summed E-state index contributed by atoms with van der Waals surface area (Å²) in [6.45, 7) is 0. The lowest BCUT2D eigenvalue weighted by Crippen LogP contribution is -2.06. The zero-order valence-electron chi connectivity index (χ0n) is 9.10. The molecule has 84 valence electrons. The number of pyridine rings is 1. The number of aromatic nitrogens is 2. The smallest absolute Gasteiger partial charge is 0.114 e. The first-order valence-corrected chi connectivity index (χ1v) is 6.71. The van der Waals surface area contributed by atoms with Crippen molar-refractivity contribution in [2.24, 2.45) is 0 Å². The van der Waals surface area contributed by atoms with Crippen molar-refractivity contribution in [1.29, 1.82) is 0 Å². The number of hydrogen-bond acceptors (Lipinski definition) is 3. The Morgan fingerprint density at radius 2 is 2.50 bits per heavy atom. The van der Waals surface area contributed by atoms with Gasteiger partial charge < -0.3 is 10.1 Å². The molecule has 1 aliphatic rings. The minimum Gasteiger partial charge on any atom is -0.399 e. The van der Waals surface area contributed by atoms with Crippen LogP contribution in [-0.4, -0.2) is 20.4 Å². The van der Waals surface area contributed by atoms with Gasteiger partial charge in [-0.2, -0.15) is 11.8 Å². The molecule has 1 aliphatic heterocycles. The second-order valence-electron chi connectivity index (χ2n) is 4.27. The molecule has 1 unspecified atom stereocenters. The van der Waals surface area contributed by atoms with Gasteiger partial charge in [-0.25, -0.2) is 4.98 Å². The van der Waals surface area contributed by atoms with Gasteiger partial charge in [0.05, 0.1) is 11.7 Å². The summed E-state index contributed by atoms with van der Waals surface area (Å²) < 4.78 is 2.15. The third-order valence-corrected chi connectivity index (χ3v) is 4.47. The topological polar surface area (TPSA) is 43.3 Å². The summed E-state index contributed by atoms with van der Waals surface area (Å²) in [7, 11) is 0. The van der Waals surface area contributed by atoms with Crippen molar-refractivity contribution in [1.82, 2.24) is 9.38 Å². The van der Waals surface area contributed by atoms with Crippen LogP contribution in [0.25, 0.3) is 5.52 Å². The van der Waals surface area contributed by atoms with Crippen molar-refractivity contribution >= 4 is 23.0 Å². The van der Waals surface area contributed by atoms with Crippen LogP contribution in [0.15, 0.2) is 24.5 Å². The van der Waals surface area contributed by atoms with E-state index >= 15 is 0 Å². The predicted molar refractivity (Wildman–Crippen MR) is 68.8 cm³/mol. The molecule has 16 heavy (non-hydrogen) atoms. The first-order chi connectivity index (χ1) is 7.83. The maximum Gasteiger partial charge on any atom is 0.114 e. The fourth-order valence-corrected chi connectivity index (χ4v) is 3.50. The van der Waals surface area contributed by atoms with E-state index < -0.39 is 0 Å². The summed E-state index contributed by atoms with van der Waals surface area (Å²) in [5.74, 6) is 2.47. The van der Waals surface area contributed by atoms with E-state index in [-0.39, 0.29) is 0 Å². The first-order valence-electron chi connectivity index (χ1n) is 5.66. The number of thioether (sulfide) groups is 1. The molecule has 3 heterocycles. The van der Waals surface area contributed by atoms with E-state index in [2.05, 4.69) is 21.1 Å². The molecule has 1 saturated heterocycles. The normalized spacial score (nSPS) is 20.6. The summed E-state index contributed by atoms with van der Waals surface area (Å²) in [6.07, 6.45) is 7.68. The zero-order chi connectivity index (χ0) is 11.0. The standard InChI is InChI=1S/C12H15N3S/c13-9-3-4-15-10(6-9)8-14-12(15)7-11-2-1-5-16-11/h3-4,6,8,11H,1-2,5,7,13H2. The Balaban J connectivity index is 1.91. The third kappa shape index (κ3) is 1.78. The van der Waals surface area contributed by atoms with Crippen LogP contribution in [-0.2, 0) is 6.42 Å². The number of hydrogen-bond donors (Lipinski definition) is 1. The Morgan fingerprint density at radius 3 is 3.31 bits per heavy atom. The minimum atomic E-state index is 0.753. The van der Waals surface area contributed by atoms with E-state index in [1.807, 2.05) is 24.5 Å². The fraction of sp³-hybridized carbons (Fsp3) is 0.417. The Morgan fingerprint density at radius 1 is 1.56 bits per heavy atom. The molecule has 0 saturated carbocycles. The van der Waals surface area contributed by atoms with Gasteiger partial charge in [0, 0.05) is 23.6 Å². The molecule has 4 heteroatoms. The van der Waals surface area contributed by atoms with Gasteiger partial charge in [0.2, 0.25) is 0 Å². The number of fused-ring (bicyclic) bond motifs is 1. The molecular formula is C12H15N3S. The van der Waals surface area contributed by atoms with E-state index in [0.717, 1.165) is 28.7 Å². The van der Waals surface area contributed by atoms with Crippen LogP contribution < -0.4 is 5.73 Å². The lowest BCUT2D eigenvalue weighted by Gasteiger charge is -2.07. The summed E-state index contributed by atoms with van der Waals surface area (Å²) in [4.78, 5) is 4.49. The molecule has 0 aromatic carbocycles. The van der Waals surface area contributed by atoms with Gasteiger partial charge in [0.1, 0.15) is 5.82 Å². The molecule has 0 radical (unpaired) electrons. The number of rotatable bonds is 2. The number of imidazole rings is 1. The van der Waals surface area contributed by atoms with Crippen LogP contribution in [0.2, 0.25) is 0 Å². The lowest BCUT2D eigenvalue weighted by atomic mass is 10.2. The quantitative estimate of drug-likeness (QED) is 0.866. The van der Waals surface area contributed by atoms with E-state index in [1.165, 1.54) is 18.6 Å². The van der Waals surface area contributed by atoms with E-state index in [1.54, 1.807) is 0 Å². The molecule has 0 bridgehead atoms. The molecule has 0 spiro atoms. The largest absolute Gasteiger partial charge is 0.399 e. The van der Waals surface area contributed by atoms with Gasteiger partial charge in [0.25, 0.3) is 0 Å². The second kappa shape index (κ2) is 4.01. The van der Waals surface area contributed by atoms with Crippen LogP contribution >= 0.6 is 11.8 Å². The Kier molecular flexibility index (Phi) is 2.52. The van der Waals surface area contributed by atoms with E-state index in [0.29, 0.717) is 0 Å². The zero-order valence-corrected chi connectivity index (χ0v) is 9.91. The molecule has 2 N–H and O–H groups in total. The van der Waals surface area contributed by atoms with Crippen molar-refractivity contribution in [2.75, 3.05) is 11.5 Å². The van der Waals surface area contributed by atoms with Gasteiger partial charge in [-0.1, -0.05) is 0 Å². The summed E-state index contributed by atoms with van der Waals surface area (Å²) in [5.41, 5.74) is 7.65. The summed E-state index contributed by atoms with van der Waals surface area (Å²) in [5, 5.41) is 0.753. The van der Waals surface area contributed by atoms with Crippen molar-refractivity contribution in [2.45, 2.75) is 24.5 Å². The van der Waals surface area contributed by atoms with Gasteiger partial charge in [-0.15, -0.1) is 0 Å². The van der Waals surface area contributed by atoms with Crippen molar-refractivity contribution in [3.05, 3.63) is 30.4 Å². The maximum atomic E-state index is 5.75. The highest BCUT2D eigenvalue weighted by Gasteiger charge is 2.18. The SMILES string of the molecule is Nc1ccn2c(CC3CCCS3)ncc2c1. The highest BCUT2D eigenvalue weighted by Crippen LogP contribution is 2.28. The highest BCUT2D eigenvalue weighted by molar-refractivity contribution is 8.00. The van der Waals surface area contributed by atoms with Gasteiger partial charge >= 0.3 is 0 Å². The average molecular weight is 233 g/mol. The average Bonchev–Trinajstić information content (AvgIpc) is 2.89. The monoisotopic (exact) mass is 233 g/mol. The number of nitrogens with zero attached hydrogens (tertiary/aromatic N) is 2. The molecular weight excluding hydrogens is 218 g/mol. The molecule has 1 fully saturated rings. The summed E-state index contributed by atoms with van der Waals surface area (Å²) in [6, 6.07) is 3.90. The van der Waals surface area contributed by atoms with Crippen molar-refractivity contribution in [3.8, 4) is 0 Å². The molecule has 1 atom stereocenters. The van der Waals surface area contributed by atoms with Crippen LogP contribution in [0.5, 0.6) is 0 Å². The van der Waals surface area contributed by atoms with E-state index in [9.17, 15) is 0 Å². The van der Waals surface area contributed by atoms with Crippen LogP contribution in [0.1, 0.15) is 18.7 Å². The van der Waals surface area contributed by atoms with Gasteiger partial charge in [0.15, 0.2) is 0 Å². The number of nitrogens with two attached hydrogens (primary N) is 1. The number of nitrogen functional groups attached to an aromatic ring is 1. The molecule has 2 aromatic heterocycles. The van der Waals surface area contributed by atoms with Gasteiger partial charge in [-0.3, -0.25) is 0 Å². The molecule has 2 aromatic rings. The fourth-order valence-electron chi connectivity index (χ4n) is 2.23. The predicted octanol–water partition coefficient (Wildman–Crippen LogP) is 2.35. The third-order valence-electron chi connectivity index (χ3n) is 3.07. The van der Waals surface area contributed by atoms with E-state index in [4.69, 9.17) is 5.73 Å². The van der Waals surface area contributed by atoms with Crippen LogP contribution in [0, 0.1) is 0 Å². The summed E-state index contributed by atoms with van der Waals surface area (Å²) >= 11 is 2.07. The van der Waals surface area contributed by atoms with Gasteiger partial charge in [-0.05, 0) is 30.7 Å². The van der Waals surface area contributed by atoms with Crippen molar-refractivity contribution < 1.29 is 0 Å². The second-order valence-corrected chi connectivity index (χ2v) is 5.68. The Bertz CT molecular complexity index is 500. The number of anilines is 1. The molecule has 0 amide bonds. The van der Waals surface area contributed by atoms with Crippen LogP contribution in [0.3, 0.4) is 0 Å². The lowest BCUT2D eigenvalue weighted by molar-refractivity contribution is 0.743. The minimum absolute atomic E-state index is 0.753. The molecule has 3 nitrogen and oxygen atoms in total. The molecule has 0 aliphatic carbocycles. The van der Waals surface area contributed by atoms with Crippen molar-refractivity contribution in [3.63, 3.8) is 0 Å². The Hall–Kier alpha value is -1.16. The maximum absolute atomic E-state index is 5.75. The highest BCUT2D eigenvalue weighted by atomic mass is 32.2. The first kappa shape index (κ1) is 10.0. The van der Waals surface area contributed by atoms with Crippen LogP contribution in [0.4, 0.5) is 5.69 Å².